The lowest BCUT2D eigenvalue weighted by Gasteiger charge is -2.34. The fourth-order valence-corrected chi connectivity index (χ4v) is 4.67. The molecule has 0 bridgehead atoms. The largest absolute Gasteiger partial charge is 0.468 e. The normalized spacial score (nSPS) is 23.0. The van der Waals surface area contributed by atoms with Crippen LogP contribution in [0.1, 0.15) is 42.5 Å². The summed E-state index contributed by atoms with van der Waals surface area (Å²) in [5, 5.41) is 3.10. The fourth-order valence-electron chi connectivity index (χ4n) is 3.88. The standard InChI is InChI=1S/C18H23N3O2S/c22-18(21-8-1-4-16(21)17-19-7-12-24-17)14-5-9-20(10-6-14)13-15-3-2-11-23-15/h2-3,7,11-12,14,16H,1,4-6,8-10,13H2/t16-/m0/s1. The maximum absolute atomic E-state index is 13.0. The predicted octanol–water partition coefficient (Wildman–Crippen LogP) is 3.31. The van der Waals surface area contributed by atoms with Crippen molar-refractivity contribution in [2.45, 2.75) is 38.3 Å². The Balaban J connectivity index is 1.34. The summed E-state index contributed by atoms with van der Waals surface area (Å²) in [6, 6.07) is 4.15. The fraction of sp³-hybridized carbons (Fsp3) is 0.556. The van der Waals surface area contributed by atoms with Gasteiger partial charge < -0.3 is 9.32 Å². The Kier molecular flexibility index (Phi) is 4.67. The van der Waals surface area contributed by atoms with Crippen LogP contribution >= 0.6 is 11.3 Å². The number of hydrogen-bond donors (Lipinski definition) is 0. The Hall–Kier alpha value is -1.66. The van der Waals surface area contributed by atoms with Gasteiger partial charge in [0.1, 0.15) is 10.8 Å². The zero-order valence-electron chi connectivity index (χ0n) is 13.8. The molecule has 1 atom stereocenters. The van der Waals surface area contributed by atoms with E-state index < -0.39 is 0 Å². The third-order valence-corrected chi connectivity index (χ3v) is 6.05. The number of rotatable bonds is 4. The van der Waals surface area contributed by atoms with Gasteiger partial charge in [0, 0.05) is 24.0 Å². The van der Waals surface area contributed by atoms with Crippen molar-refractivity contribution in [2.75, 3.05) is 19.6 Å². The average molecular weight is 345 g/mol. The number of carbonyl (C=O) groups excluding carboxylic acids is 1. The van der Waals surface area contributed by atoms with Gasteiger partial charge in [0.15, 0.2) is 0 Å². The average Bonchev–Trinajstić information content (AvgIpc) is 3.36. The van der Waals surface area contributed by atoms with E-state index >= 15 is 0 Å². The van der Waals surface area contributed by atoms with Crippen molar-refractivity contribution in [2.24, 2.45) is 5.92 Å². The van der Waals surface area contributed by atoms with Gasteiger partial charge >= 0.3 is 0 Å². The van der Waals surface area contributed by atoms with E-state index in [0.29, 0.717) is 5.91 Å². The molecule has 4 heterocycles. The molecule has 2 saturated heterocycles. The van der Waals surface area contributed by atoms with Gasteiger partial charge in [-0.2, -0.15) is 0 Å². The van der Waals surface area contributed by atoms with E-state index in [9.17, 15) is 4.79 Å². The highest BCUT2D eigenvalue weighted by Gasteiger charge is 2.36. The Bertz CT molecular complexity index is 648. The molecular formula is C18H23N3O2S. The highest BCUT2D eigenvalue weighted by molar-refractivity contribution is 7.09. The molecule has 0 saturated carbocycles. The Morgan fingerprint density at radius 2 is 2.17 bits per heavy atom. The quantitative estimate of drug-likeness (QED) is 0.853. The summed E-state index contributed by atoms with van der Waals surface area (Å²) in [6.45, 7) is 3.66. The number of carbonyl (C=O) groups is 1. The first-order valence-electron chi connectivity index (χ1n) is 8.76. The van der Waals surface area contributed by atoms with Gasteiger partial charge in [0.25, 0.3) is 0 Å². The second-order valence-electron chi connectivity index (χ2n) is 6.69. The van der Waals surface area contributed by atoms with E-state index in [-0.39, 0.29) is 12.0 Å². The van der Waals surface area contributed by atoms with Gasteiger partial charge in [-0.3, -0.25) is 9.69 Å². The zero-order valence-corrected chi connectivity index (χ0v) is 14.6. The van der Waals surface area contributed by atoms with Crippen LogP contribution in [-0.2, 0) is 11.3 Å². The molecule has 2 aliphatic heterocycles. The molecule has 2 aliphatic rings. The third-order valence-electron chi connectivity index (χ3n) is 5.17. The predicted molar refractivity (Wildman–Crippen MR) is 92.5 cm³/mol. The number of piperidine rings is 1. The van der Waals surface area contributed by atoms with E-state index in [1.54, 1.807) is 17.6 Å². The molecule has 0 N–H and O–H groups in total. The highest BCUT2D eigenvalue weighted by atomic mass is 32.1. The summed E-state index contributed by atoms with van der Waals surface area (Å²) in [7, 11) is 0. The van der Waals surface area contributed by atoms with Crippen LogP contribution in [0.2, 0.25) is 0 Å². The Morgan fingerprint density at radius 1 is 1.29 bits per heavy atom. The summed E-state index contributed by atoms with van der Waals surface area (Å²) in [4.78, 5) is 21.9. The summed E-state index contributed by atoms with van der Waals surface area (Å²) in [5.74, 6) is 1.51. The third kappa shape index (κ3) is 3.26. The number of thiazole rings is 1. The summed E-state index contributed by atoms with van der Waals surface area (Å²) < 4.78 is 5.42. The van der Waals surface area contributed by atoms with Gasteiger partial charge in [-0.15, -0.1) is 11.3 Å². The summed E-state index contributed by atoms with van der Waals surface area (Å²) >= 11 is 1.67. The van der Waals surface area contributed by atoms with E-state index in [4.69, 9.17) is 4.42 Å². The number of likely N-dealkylation sites (tertiary alicyclic amines) is 2. The minimum Gasteiger partial charge on any atom is -0.468 e. The molecule has 0 aliphatic carbocycles. The molecule has 1 amide bonds. The molecule has 4 rings (SSSR count). The lowest BCUT2D eigenvalue weighted by Crippen LogP contribution is -2.42. The molecule has 2 fully saturated rings. The minimum absolute atomic E-state index is 0.165. The van der Waals surface area contributed by atoms with E-state index in [1.165, 1.54) is 0 Å². The molecule has 0 unspecified atom stereocenters. The van der Waals surface area contributed by atoms with E-state index in [0.717, 1.165) is 62.6 Å². The first-order valence-corrected chi connectivity index (χ1v) is 9.64. The van der Waals surface area contributed by atoms with Crippen molar-refractivity contribution in [3.8, 4) is 0 Å². The molecular weight excluding hydrogens is 322 g/mol. The van der Waals surface area contributed by atoms with E-state index in [2.05, 4.69) is 14.8 Å². The van der Waals surface area contributed by atoms with Gasteiger partial charge in [-0.1, -0.05) is 0 Å². The van der Waals surface area contributed by atoms with Crippen LogP contribution < -0.4 is 0 Å². The first kappa shape index (κ1) is 15.8. The molecule has 2 aromatic heterocycles. The Morgan fingerprint density at radius 3 is 2.88 bits per heavy atom. The van der Waals surface area contributed by atoms with Crippen LogP contribution in [0.3, 0.4) is 0 Å². The number of amides is 1. The molecule has 0 aromatic carbocycles. The SMILES string of the molecule is O=C(C1CCN(Cc2ccco2)CC1)N1CCC[C@H]1c1nccs1. The van der Waals surface area contributed by atoms with Crippen LogP contribution in [0.15, 0.2) is 34.4 Å². The zero-order chi connectivity index (χ0) is 16.4. The topological polar surface area (TPSA) is 49.6 Å². The van der Waals surface area contributed by atoms with Crippen LogP contribution in [0, 0.1) is 5.92 Å². The van der Waals surface area contributed by atoms with Crippen molar-refractivity contribution >= 4 is 17.2 Å². The van der Waals surface area contributed by atoms with Crippen LogP contribution in [0.4, 0.5) is 0 Å². The van der Waals surface area contributed by atoms with Crippen molar-refractivity contribution in [3.63, 3.8) is 0 Å². The highest BCUT2D eigenvalue weighted by Crippen LogP contribution is 2.35. The molecule has 0 spiro atoms. The smallest absolute Gasteiger partial charge is 0.226 e. The lowest BCUT2D eigenvalue weighted by molar-refractivity contribution is -0.138. The number of furan rings is 1. The van der Waals surface area contributed by atoms with Crippen molar-refractivity contribution in [1.29, 1.82) is 0 Å². The number of nitrogens with zero attached hydrogens (tertiary/aromatic N) is 3. The maximum Gasteiger partial charge on any atom is 0.226 e. The molecule has 6 heteroatoms. The minimum atomic E-state index is 0.165. The van der Waals surface area contributed by atoms with Gasteiger partial charge in [0.05, 0.1) is 18.8 Å². The van der Waals surface area contributed by atoms with E-state index in [1.807, 2.05) is 23.7 Å². The summed E-state index contributed by atoms with van der Waals surface area (Å²) in [5.41, 5.74) is 0. The monoisotopic (exact) mass is 345 g/mol. The Labute approximate surface area is 146 Å². The van der Waals surface area contributed by atoms with Crippen molar-refractivity contribution in [3.05, 3.63) is 40.7 Å². The van der Waals surface area contributed by atoms with Crippen molar-refractivity contribution in [1.82, 2.24) is 14.8 Å². The molecule has 2 aromatic rings. The molecule has 5 nitrogen and oxygen atoms in total. The summed E-state index contributed by atoms with van der Waals surface area (Å²) in [6.07, 6.45) is 7.59. The molecule has 0 radical (unpaired) electrons. The molecule has 24 heavy (non-hydrogen) atoms. The second kappa shape index (κ2) is 7.07. The van der Waals surface area contributed by atoms with Crippen LogP contribution in [0.5, 0.6) is 0 Å². The number of hydrogen-bond acceptors (Lipinski definition) is 5. The molecule has 128 valence electrons. The lowest BCUT2D eigenvalue weighted by atomic mass is 9.95. The van der Waals surface area contributed by atoms with Gasteiger partial charge in [-0.05, 0) is 50.9 Å². The second-order valence-corrected chi connectivity index (χ2v) is 7.62. The maximum atomic E-state index is 13.0. The van der Waals surface area contributed by atoms with Crippen LogP contribution in [-0.4, -0.2) is 40.3 Å². The number of aromatic nitrogens is 1. The van der Waals surface area contributed by atoms with Gasteiger partial charge in [-0.25, -0.2) is 4.98 Å². The van der Waals surface area contributed by atoms with Crippen molar-refractivity contribution < 1.29 is 9.21 Å². The van der Waals surface area contributed by atoms with Gasteiger partial charge in [0.2, 0.25) is 5.91 Å². The first-order chi connectivity index (χ1) is 11.8. The van der Waals surface area contributed by atoms with Crippen LogP contribution in [0.25, 0.3) is 0 Å².